The third-order valence-corrected chi connectivity index (χ3v) is 5.40. The van der Waals surface area contributed by atoms with E-state index >= 15 is 0 Å². The highest BCUT2D eigenvalue weighted by atomic mass is 19.2. The maximum absolute atomic E-state index is 13.8. The van der Waals surface area contributed by atoms with Crippen molar-refractivity contribution < 1.29 is 17.9 Å². The Bertz CT molecular complexity index is 479. The Morgan fingerprint density at radius 1 is 1.09 bits per heavy atom. The third kappa shape index (κ3) is 4.72. The highest BCUT2D eigenvalue weighted by Gasteiger charge is 2.35. The lowest BCUT2D eigenvalue weighted by molar-refractivity contribution is -0.0754. The van der Waals surface area contributed by atoms with Gasteiger partial charge in [-0.05, 0) is 62.5 Å². The molecule has 0 aromatic heterocycles. The zero-order valence-electron chi connectivity index (χ0n) is 14.1. The van der Waals surface area contributed by atoms with Gasteiger partial charge in [-0.15, -0.1) is 0 Å². The van der Waals surface area contributed by atoms with Gasteiger partial charge in [0.25, 0.3) is 0 Å². The van der Waals surface area contributed by atoms with Crippen LogP contribution in [0.25, 0.3) is 0 Å². The maximum Gasteiger partial charge on any atom is 0.194 e. The molecule has 2 atom stereocenters. The summed E-state index contributed by atoms with van der Waals surface area (Å²) in [6.07, 6.45) is 8.29. The SMILES string of the molecule is C=C/C(F)=C(F)\C(F)=C\C1(C)CCC(C2CCC(C)CC2)CO1. The molecule has 1 aliphatic heterocycles. The lowest BCUT2D eigenvalue weighted by Crippen LogP contribution is -2.38. The van der Waals surface area contributed by atoms with Crippen molar-refractivity contribution in [1.29, 1.82) is 0 Å². The monoisotopic (exact) mass is 328 g/mol. The van der Waals surface area contributed by atoms with Crippen LogP contribution < -0.4 is 0 Å². The molecular formula is C19H27F3O. The van der Waals surface area contributed by atoms with Gasteiger partial charge in [0.05, 0.1) is 12.2 Å². The van der Waals surface area contributed by atoms with Crippen molar-refractivity contribution in [2.45, 2.75) is 58.0 Å². The van der Waals surface area contributed by atoms with Crippen LogP contribution in [-0.2, 0) is 4.74 Å². The minimum absolute atomic E-state index is 0.498. The van der Waals surface area contributed by atoms with Gasteiger partial charge in [0, 0.05) is 0 Å². The summed E-state index contributed by atoms with van der Waals surface area (Å²) in [5.74, 6) is -2.01. The van der Waals surface area contributed by atoms with Crippen molar-refractivity contribution in [3.05, 3.63) is 36.2 Å². The molecule has 0 aromatic carbocycles. The molecule has 1 saturated carbocycles. The molecule has 1 saturated heterocycles. The normalized spacial score (nSPS) is 37.3. The highest BCUT2D eigenvalue weighted by Crippen LogP contribution is 2.40. The standard InChI is InChI=1S/C19H27F3O/c1-4-16(20)18(22)17(21)11-19(3)10-9-15(12-23-19)14-7-5-13(2)6-8-14/h4,11,13-15H,1,5-10,12H2,2-3H3/b17-11-,18-16-. The highest BCUT2D eigenvalue weighted by molar-refractivity contribution is 5.29. The molecule has 1 aliphatic carbocycles. The molecule has 1 nitrogen and oxygen atoms in total. The van der Waals surface area contributed by atoms with Crippen LogP contribution >= 0.6 is 0 Å². The molecule has 2 unspecified atom stereocenters. The van der Waals surface area contributed by atoms with Crippen LogP contribution in [0.5, 0.6) is 0 Å². The van der Waals surface area contributed by atoms with Gasteiger partial charge in [-0.25, -0.2) is 13.2 Å². The van der Waals surface area contributed by atoms with Crippen molar-refractivity contribution in [3.63, 3.8) is 0 Å². The average molecular weight is 328 g/mol. The Kier molecular flexibility index (Phi) is 6.12. The number of hydrogen-bond donors (Lipinski definition) is 0. The summed E-state index contributed by atoms with van der Waals surface area (Å²) < 4.78 is 46.2. The average Bonchev–Trinajstić information content (AvgIpc) is 2.54. The van der Waals surface area contributed by atoms with E-state index in [1.807, 2.05) is 0 Å². The fourth-order valence-corrected chi connectivity index (χ4v) is 3.70. The zero-order valence-corrected chi connectivity index (χ0v) is 14.1. The number of rotatable bonds is 4. The molecule has 0 aromatic rings. The summed E-state index contributed by atoms with van der Waals surface area (Å²) in [5.41, 5.74) is -0.874. The van der Waals surface area contributed by atoms with Gasteiger partial charge in [0.2, 0.25) is 0 Å². The van der Waals surface area contributed by atoms with E-state index in [0.717, 1.165) is 18.4 Å². The van der Waals surface area contributed by atoms with E-state index in [-0.39, 0.29) is 0 Å². The van der Waals surface area contributed by atoms with Crippen LogP contribution in [0.1, 0.15) is 52.4 Å². The molecule has 2 fully saturated rings. The summed E-state index contributed by atoms with van der Waals surface area (Å²) in [6.45, 7) is 7.68. The largest absolute Gasteiger partial charge is 0.371 e. The smallest absolute Gasteiger partial charge is 0.194 e. The van der Waals surface area contributed by atoms with Crippen molar-refractivity contribution in [3.8, 4) is 0 Å². The van der Waals surface area contributed by atoms with Gasteiger partial charge in [-0.3, -0.25) is 0 Å². The second-order valence-corrected chi connectivity index (χ2v) is 7.30. The van der Waals surface area contributed by atoms with Gasteiger partial charge in [-0.1, -0.05) is 26.3 Å². The van der Waals surface area contributed by atoms with Crippen LogP contribution in [0.2, 0.25) is 0 Å². The lowest BCUT2D eigenvalue weighted by Gasteiger charge is -2.40. The van der Waals surface area contributed by atoms with Crippen LogP contribution in [0.4, 0.5) is 13.2 Å². The van der Waals surface area contributed by atoms with Crippen molar-refractivity contribution >= 4 is 0 Å². The second-order valence-electron chi connectivity index (χ2n) is 7.30. The Labute approximate surface area is 137 Å². The third-order valence-electron chi connectivity index (χ3n) is 5.40. The molecule has 0 N–H and O–H groups in total. The van der Waals surface area contributed by atoms with E-state index in [1.54, 1.807) is 6.92 Å². The summed E-state index contributed by atoms with van der Waals surface area (Å²) >= 11 is 0. The van der Waals surface area contributed by atoms with E-state index in [9.17, 15) is 13.2 Å². The predicted octanol–water partition coefficient (Wildman–Crippen LogP) is 6.19. The Morgan fingerprint density at radius 3 is 2.26 bits per heavy atom. The summed E-state index contributed by atoms with van der Waals surface area (Å²) in [4.78, 5) is 0. The van der Waals surface area contributed by atoms with E-state index in [0.29, 0.717) is 30.9 Å². The Balaban J connectivity index is 1.95. The molecule has 0 bridgehead atoms. The van der Waals surface area contributed by atoms with Gasteiger partial charge >= 0.3 is 0 Å². The Hall–Kier alpha value is -1.03. The van der Waals surface area contributed by atoms with Gasteiger partial charge in [-0.2, -0.15) is 0 Å². The van der Waals surface area contributed by atoms with E-state index < -0.39 is 23.1 Å². The molecule has 2 aliphatic rings. The first-order valence-electron chi connectivity index (χ1n) is 8.55. The maximum atomic E-state index is 13.8. The number of halogens is 3. The minimum atomic E-state index is -1.51. The Morgan fingerprint density at radius 2 is 1.74 bits per heavy atom. The first-order chi connectivity index (χ1) is 10.8. The van der Waals surface area contributed by atoms with Crippen LogP contribution in [-0.4, -0.2) is 12.2 Å². The lowest BCUT2D eigenvalue weighted by atomic mass is 9.73. The molecule has 0 radical (unpaired) electrons. The molecular weight excluding hydrogens is 301 g/mol. The van der Waals surface area contributed by atoms with Crippen LogP contribution in [0.15, 0.2) is 36.2 Å². The minimum Gasteiger partial charge on any atom is -0.371 e. The fraction of sp³-hybridized carbons (Fsp3) is 0.684. The van der Waals surface area contributed by atoms with E-state index in [2.05, 4.69) is 13.5 Å². The van der Waals surface area contributed by atoms with Crippen molar-refractivity contribution in [2.75, 3.05) is 6.61 Å². The summed E-state index contributed by atoms with van der Waals surface area (Å²) in [6, 6.07) is 0. The molecule has 1 heterocycles. The first-order valence-corrected chi connectivity index (χ1v) is 8.55. The summed E-state index contributed by atoms with van der Waals surface area (Å²) in [5, 5.41) is 0. The van der Waals surface area contributed by atoms with Crippen LogP contribution in [0.3, 0.4) is 0 Å². The predicted molar refractivity (Wildman–Crippen MR) is 86.8 cm³/mol. The van der Waals surface area contributed by atoms with Gasteiger partial charge in [0.15, 0.2) is 17.5 Å². The molecule has 130 valence electrons. The number of hydrogen-bond acceptors (Lipinski definition) is 1. The quantitative estimate of drug-likeness (QED) is 0.559. The fourth-order valence-electron chi connectivity index (χ4n) is 3.70. The topological polar surface area (TPSA) is 9.23 Å². The first kappa shape index (κ1) is 18.3. The molecule has 0 amide bonds. The van der Waals surface area contributed by atoms with Crippen LogP contribution in [0, 0.1) is 17.8 Å². The van der Waals surface area contributed by atoms with E-state index in [1.165, 1.54) is 25.7 Å². The second kappa shape index (κ2) is 7.69. The number of allylic oxidation sites excluding steroid dienone is 4. The molecule has 0 spiro atoms. The summed E-state index contributed by atoms with van der Waals surface area (Å²) in [7, 11) is 0. The molecule has 4 heteroatoms. The van der Waals surface area contributed by atoms with Gasteiger partial charge < -0.3 is 4.74 Å². The van der Waals surface area contributed by atoms with Crippen molar-refractivity contribution in [2.24, 2.45) is 17.8 Å². The van der Waals surface area contributed by atoms with Crippen molar-refractivity contribution in [1.82, 2.24) is 0 Å². The van der Waals surface area contributed by atoms with Gasteiger partial charge in [0.1, 0.15) is 0 Å². The molecule has 2 rings (SSSR count). The zero-order chi connectivity index (χ0) is 17.0. The molecule has 23 heavy (non-hydrogen) atoms. The van der Waals surface area contributed by atoms with E-state index in [4.69, 9.17) is 4.74 Å². The number of ether oxygens (including phenoxy) is 1.